The summed E-state index contributed by atoms with van der Waals surface area (Å²) < 4.78 is 85.6. The van der Waals surface area contributed by atoms with Gasteiger partial charge in [-0.3, -0.25) is 4.90 Å². The van der Waals surface area contributed by atoms with Gasteiger partial charge >= 0.3 is 18.4 Å². The Morgan fingerprint density at radius 3 is 2.19 bits per heavy atom. The lowest BCUT2D eigenvalue weighted by Gasteiger charge is -2.26. The number of nitrogens with one attached hydrogen (secondary N) is 3. The van der Waals surface area contributed by atoms with Gasteiger partial charge in [-0.15, -0.1) is 0 Å². The van der Waals surface area contributed by atoms with Gasteiger partial charge in [0.1, 0.15) is 5.69 Å². The van der Waals surface area contributed by atoms with Gasteiger partial charge in [0.25, 0.3) is 0 Å². The molecule has 0 bridgehead atoms. The number of anilines is 3. The molecule has 0 saturated carbocycles. The normalized spacial score (nSPS) is 14.6. The molecule has 16 heteroatoms. The standard InChI is InChI=1S/C27H26F6N8O2/c1-40-23-21(15-35-24(38-23)34-6-7-41-8-10-43-11-9-41)22(39-40)16-2-4-19(5-3-16)36-25(42)37-20-13-17(26(28,29)30)12-18(14-20)27(31,32)33/h2-5,12-15H,6-11H2,1H3,(H,34,35,38)(H2,36,37,42). The number of morpholine rings is 1. The maximum absolute atomic E-state index is 13.1. The molecule has 0 aliphatic carbocycles. The summed E-state index contributed by atoms with van der Waals surface area (Å²) >= 11 is 0. The van der Waals surface area contributed by atoms with Crippen LogP contribution in [0.25, 0.3) is 22.3 Å². The van der Waals surface area contributed by atoms with Gasteiger partial charge in [0, 0.05) is 56.4 Å². The molecule has 2 aromatic carbocycles. The van der Waals surface area contributed by atoms with E-state index in [1.54, 1.807) is 30.1 Å². The topological polar surface area (TPSA) is 109 Å². The van der Waals surface area contributed by atoms with Crippen LogP contribution < -0.4 is 16.0 Å². The van der Waals surface area contributed by atoms with E-state index in [0.29, 0.717) is 46.9 Å². The van der Waals surface area contributed by atoms with Crippen LogP contribution in [-0.2, 0) is 24.1 Å². The molecule has 0 spiro atoms. The van der Waals surface area contributed by atoms with Gasteiger partial charge in [0.15, 0.2) is 5.65 Å². The number of amides is 2. The summed E-state index contributed by atoms with van der Waals surface area (Å²) in [4.78, 5) is 23.7. The van der Waals surface area contributed by atoms with E-state index in [0.717, 1.165) is 32.8 Å². The maximum atomic E-state index is 13.1. The molecule has 5 rings (SSSR count). The molecular weight excluding hydrogens is 582 g/mol. The van der Waals surface area contributed by atoms with Gasteiger partial charge in [0.2, 0.25) is 5.95 Å². The van der Waals surface area contributed by atoms with Crippen molar-refractivity contribution in [3.8, 4) is 11.3 Å². The number of halogens is 6. The fourth-order valence-corrected chi connectivity index (χ4v) is 4.52. The van der Waals surface area contributed by atoms with E-state index in [-0.39, 0.29) is 11.8 Å². The van der Waals surface area contributed by atoms with Crippen LogP contribution in [0, 0.1) is 0 Å². The van der Waals surface area contributed by atoms with E-state index in [9.17, 15) is 31.1 Å². The highest BCUT2D eigenvalue weighted by Gasteiger charge is 2.37. The molecule has 4 aromatic rings. The third-order valence-electron chi connectivity index (χ3n) is 6.66. The molecule has 0 atom stereocenters. The van der Waals surface area contributed by atoms with Crippen LogP contribution in [0.1, 0.15) is 11.1 Å². The Balaban J connectivity index is 1.25. The van der Waals surface area contributed by atoms with Gasteiger partial charge in [0.05, 0.1) is 29.7 Å². The fourth-order valence-electron chi connectivity index (χ4n) is 4.52. The maximum Gasteiger partial charge on any atom is 0.416 e. The van der Waals surface area contributed by atoms with E-state index in [1.165, 1.54) is 12.1 Å². The zero-order valence-corrected chi connectivity index (χ0v) is 22.7. The third-order valence-corrected chi connectivity index (χ3v) is 6.66. The molecule has 2 amide bonds. The smallest absolute Gasteiger partial charge is 0.379 e. The number of carbonyl (C=O) groups is 1. The Bertz CT molecular complexity index is 1570. The molecule has 43 heavy (non-hydrogen) atoms. The Morgan fingerprint density at radius 1 is 0.930 bits per heavy atom. The van der Waals surface area contributed by atoms with Gasteiger partial charge in [-0.2, -0.15) is 36.4 Å². The average Bonchev–Trinajstić information content (AvgIpc) is 3.28. The second kappa shape index (κ2) is 12.0. The molecule has 3 N–H and O–H groups in total. The molecule has 1 fully saturated rings. The molecule has 228 valence electrons. The first-order valence-electron chi connectivity index (χ1n) is 13.1. The molecule has 1 saturated heterocycles. The minimum Gasteiger partial charge on any atom is -0.379 e. The highest BCUT2D eigenvalue weighted by molar-refractivity contribution is 6.00. The lowest BCUT2D eigenvalue weighted by atomic mass is 10.1. The number of ether oxygens (including phenoxy) is 1. The highest BCUT2D eigenvalue weighted by Crippen LogP contribution is 2.37. The van der Waals surface area contributed by atoms with Crippen LogP contribution in [0.3, 0.4) is 0 Å². The van der Waals surface area contributed by atoms with Crippen LogP contribution in [0.2, 0.25) is 0 Å². The molecule has 0 unspecified atom stereocenters. The Hall–Kier alpha value is -4.44. The molecule has 2 aromatic heterocycles. The highest BCUT2D eigenvalue weighted by atomic mass is 19.4. The fraction of sp³-hybridized carbons (Fsp3) is 0.333. The minimum absolute atomic E-state index is 0.0157. The quantitative estimate of drug-likeness (QED) is 0.239. The summed E-state index contributed by atoms with van der Waals surface area (Å²) in [5, 5.41) is 12.9. The number of hydrogen-bond acceptors (Lipinski definition) is 7. The first-order valence-corrected chi connectivity index (χ1v) is 13.1. The van der Waals surface area contributed by atoms with Crippen LogP contribution in [0.15, 0.2) is 48.7 Å². The number of aryl methyl sites for hydroxylation is 1. The number of aromatic nitrogens is 4. The van der Waals surface area contributed by atoms with Crippen LogP contribution in [-0.4, -0.2) is 70.1 Å². The summed E-state index contributed by atoms with van der Waals surface area (Å²) in [5.41, 5.74) is -1.65. The molecular formula is C27H26F6N8O2. The number of carbonyl (C=O) groups excluding carboxylic acids is 1. The predicted molar refractivity (Wildman–Crippen MR) is 147 cm³/mol. The molecule has 3 heterocycles. The SMILES string of the molecule is Cn1nc(-c2ccc(NC(=O)Nc3cc(C(F)(F)F)cc(C(F)(F)F)c3)cc2)c2cnc(NCCN3CCOCC3)nc21. The van der Waals surface area contributed by atoms with Crippen molar-refractivity contribution in [1.29, 1.82) is 0 Å². The van der Waals surface area contributed by atoms with Crippen molar-refractivity contribution in [3.63, 3.8) is 0 Å². The van der Waals surface area contributed by atoms with E-state index in [1.807, 2.05) is 5.32 Å². The molecule has 10 nitrogen and oxygen atoms in total. The van der Waals surface area contributed by atoms with E-state index in [2.05, 4.69) is 30.6 Å². The second-order valence-corrected chi connectivity index (χ2v) is 9.73. The zero-order valence-electron chi connectivity index (χ0n) is 22.7. The number of urea groups is 1. The summed E-state index contributed by atoms with van der Waals surface area (Å²) in [5.74, 6) is 0.462. The number of benzene rings is 2. The Labute approximate surface area is 241 Å². The molecule has 1 aliphatic rings. The lowest BCUT2D eigenvalue weighted by molar-refractivity contribution is -0.143. The van der Waals surface area contributed by atoms with Crippen molar-refractivity contribution < 1.29 is 35.9 Å². The molecule has 0 radical (unpaired) electrons. The Kier molecular flexibility index (Phi) is 8.41. The van der Waals surface area contributed by atoms with Gasteiger partial charge in [-0.1, -0.05) is 12.1 Å². The number of hydrogen-bond donors (Lipinski definition) is 3. The second-order valence-electron chi connectivity index (χ2n) is 9.73. The summed E-state index contributed by atoms with van der Waals surface area (Å²) in [7, 11) is 1.74. The van der Waals surface area contributed by atoms with Crippen molar-refractivity contribution in [2.45, 2.75) is 12.4 Å². The van der Waals surface area contributed by atoms with E-state index < -0.39 is 35.2 Å². The summed E-state index contributed by atoms with van der Waals surface area (Å²) in [6.07, 6.45) is -8.41. The molecule has 1 aliphatic heterocycles. The van der Waals surface area contributed by atoms with Crippen molar-refractivity contribution in [2.24, 2.45) is 7.05 Å². The third kappa shape index (κ3) is 7.32. The van der Waals surface area contributed by atoms with Crippen molar-refractivity contribution in [2.75, 3.05) is 55.3 Å². The first-order chi connectivity index (χ1) is 20.4. The lowest BCUT2D eigenvalue weighted by Crippen LogP contribution is -2.39. The number of nitrogens with zero attached hydrogens (tertiary/aromatic N) is 5. The van der Waals surface area contributed by atoms with Crippen LogP contribution in [0.4, 0.5) is 48.5 Å². The monoisotopic (exact) mass is 608 g/mol. The van der Waals surface area contributed by atoms with Crippen molar-refractivity contribution in [3.05, 3.63) is 59.8 Å². The predicted octanol–water partition coefficient (Wildman–Crippen LogP) is 5.46. The summed E-state index contributed by atoms with van der Waals surface area (Å²) in [6.45, 7) is 4.69. The summed E-state index contributed by atoms with van der Waals surface area (Å²) in [6, 6.07) is 6.16. The van der Waals surface area contributed by atoms with Crippen LogP contribution in [0.5, 0.6) is 0 Å². The largest absolute Gasteiger partial charge is 0.416 e. The Morgan fingerprint density at radius 2 is 1.56 bits per heavy atom. The minimum atomic E-state index is -5.04. The van der Waals surface area contributed by atoms with Gasteiger partial charge in [-0.25, -0.2) is 14.5 Å². The average molecular weight is 609 g/mol. The first kappa shape index (κ1) is 30.0. The number of alkyl halides is 6. The zero-order chi connectivity index (χ0) is 30.8. The van der Waals surface area contributed by atoms with E-state index in [4.69, 9.17) is 4.74 Å². The van der Waals surface area contributed by atoms with Crippen molar-refractivity contribution in [1.82, 2.24) is 24.6 Å². The van der Waals surface area contributed by atoms with Gasteiger partial charge in [-0.05, 0) is 30.3 Å². The van der Waals surface area contributed by atoms with Crippen LogP contribution >= 0.6 is 0 Å². The van der Waals surface area contributed by atoms with Gasteiger partial charge < -0.3 is 20.7 Å². The number of rotatable bonds is 7. The van der Waals surface area contributed by atoms with Crippen molar-refractivity contribution >= 4 is 34.4 Å². The van der Waals surface area contributed by atoms with E-state index >= 15 is 0 Å². The number of fused-ring (bicyclic) bond motifs is 1.